The largest absolute Gasteiger partial charge is 0.192 e. The zero-order valence-electron chi connectivity index (χ0n) is 18.8. The lowest BCUT2D eigenvalue weighted by Gasteiger charge is -2.18. The van der Waals surface area contributed by atoms with Crippen molar-refractivity contribution in [3.05, 3.63) is 126 Å². The van der Waals surface area contributed by atoms with Crippen LogP contribution in [0, 0.1) is 11.3 Å². The molecule has 0 heterocycles. The van der Waals surface area contributed by atoms with Crippen LogP contribution in [-0.2, 0) is 0 Å². The van der Waals surface area contributed by atoms with Crippen LogP contribution in [0.3, 0.4) is 0 Å². The molecule has 34 heavy (non-hydrogen) atoms. The molecule has 0 atom stereocenters. The third-order valence-corrected chi connectivity index (χ3v) is 6.74. The molecule has 6 rings (SSSR count). The van der Waals surface area contributed by atoms with Crippen LogP contribution in [0.4, 0.5) is 0 Å². The van der Waals surface area contributed by atoms with Gasteiger partial charge in [0.15, 0.2) is 0 Å². The summed E-state index contributed by atoms with van der Waals surface area (Å²) >= 11 is 0. The minimum Gasteiger partial charge on any atom is -0.192 e. The van der Waals surface area contributed by atoms with E-state index in [-0.39, 0.29) is 0 Å². The van der Waals surface area contributed by atoms with Crippen molar-refractivity contribution >= 4 is 27.1 Å². The molecule has 0 bridgehead atoms. The molecule has 5 aromatic carbocycles. The van der Waals surface area contributed by atoms with Crippen molar-refractivity contribution in [1.29, 1.82) is 5.26 Å². The van der Waals surface area contributed by atoms with Gasteiger partial charge in [0.1, 0.15) is 0 Å². The Balaban J connectivity index is 1.61. The van der Waals surface area contributed by atoms with Gasteiger partial charge < -0.3 is 0 Å². The van der Waals surface area contributed by atoms with Crippen molar-refractivity contribution in [3.63, 3.8) is 0 Å². The summed E-state index contributed by atoms with van der Waals surface area (Å²) in [5.41, 5.74) is 8.09. The van der Waals surface area contributed by atoms with Gasteiger partial charge in [-0.05, 0) is 79.9 Å². The molecule has 1 nitrogen and oxygen atoms in total. The highest BCUT2D eigenvalue weighted by atomic mass is 14.2. The first kappa shape index (κ1) is 20.2. The van der Waals surface area contributed by atoms with Crippen LogP contribution < -0.4 is 0 Å². The molecular weight excluding hydrogens is 410 g/mol. The van der Waals surface area contributed by atoms with Crippen LogP contribution in [0.15, 0.2) is 115 Å². The van der Waals surface area contributed by atoms with Crippen LogP contribution in [-0.4, -0.2) is 0 Å². The maximum absolute atomic E-state index is 9.25. The molecule has 160 valence electrons. The van der Waals surface area contributed by atoms with Gasteiger partial charge in [-0.3, -0.25) is 0 Å². The maximum Gasteiger partial charge on any atom is 0.0991 e. The van der Waals surface area contributed by atoms with Crippen LogP contribution >= 0.6 is 0 Å². The Morgan fingerprint density at radius 3 is 1.44 bits per heavy atom. The van der Waals surface area contributed by atoms with Crippen LogP contribution in [0.2, 0.25) is 0 Å². The minimum absolute atomic E-state index is 0.678. The summed E-state index contributed by atoms with van der Waals surface area (Å²) in [6.07, 6.45) is 9.05. The second-order valence-electron chi connectivity index (χ2n) is 8.75. The van der Waals surface area contributed by atoms with E-state index in [9.17, 15) is 5.26 Å². The first-order chi connectivity index (χ1) is 16.8. The fourth-order valence-electron chi connectivity index (χ4n) is 5.12. The highest BCUT2D eigenvalue weighted by Crippen LogP contribution is 2.43. The van der Waals surface area contributed by atoms with Gasteiger partial charge in [0.2, 0.25) is 0 Å². The number of rotatable bonds is 3. The minimum atomic E-state index is 0.678. The van der Waals surface area contributed by atoms with E-state index in [4.69, 9.17) is 0 Å². The number of benzene rings is 5. The van der Waals surface area contributed by atoms with E-state index in [0.717, 1.165) is 18.4 Å². The van der Waals surface area contributed by atoms with Crippen molar-refractivity contribution in [2.45, 2.75) is 12.8 Å². The summed E-state index contributed by atoms with van der Waals surface area (Å²) in [4.78, 5) is 0. The topological polar surface area (TPSA) is 23.8 Å². The molecule has 0 aliphatic heterocycles. The Kier molecular flexibility index (Phi) is 5.06. The maximum atomic E-state index is 9.25. The molecule has 0 unspecified atom stereocenters. The molecule has 0 amide bonds. The number of fused-ring (bicyclic) bond motifs is 2. The zero-order chi connectivity index (χ0) is 22.9. The van der Waals surface area contributed by atoms with Crippen molar-refractivity contribution in [1.82, 2.24) is 0 Å². The number of nitrogens with zero attached hydrogens (tertiary/aromatic N) is 1. The summed E-state index contributed by atoms with van der Waals surface area (Å²) in [5.74, 6) is 0. The molecular formula is C33H23N. The molecule has 0 saturated heterocycles. The van der Waals surface area contributed by atoms with Gasteiger partial charge in [0.25, 0.3) is 0 Å². The third kappa shape index (κ3) is 3.41. The van der Waals surface area contributed by atoms with Gasteiger partial charge in [0.05, 0.1) is 11.6 Å². The van der Waals surface area contributed by atoms with Gasteiger partial charge >= 0.3 is 0 Å². The van der Waals surface area contributed by atoms with Crippen LogP contribution in [0.1, 0.15) is 24.0 Å². The quantitative estimate of drug-likeness (QED) is 0.261. The Hall–Kier alpha value is -4.41. The predicted octanol–water partition coefficient (Wildman–Crippen LogP) is 8.93. The van der Waals surface area contributed by atoms with Crippen LogP contribution in [0.5, 0.6) is 0 Å². The third-order valence-electron chi connectivity index (χ3n) is 6.74. The van der Waals surface area contributed by atoms with E-state index in [0.29, 0.717) is 5.56 Å². The second-order valence-corrected chi connectivity index (χ2v) is 8.75. The highest BCUT2D eigenvalue weighted by molar-refractivity contribution is 6.21. The summed E-state index contributed by atoms with van der Waals surface area (Å²) in [6, 6.07) is 36.5. The summed E-state index contributed by atoms with van der Waals surface area (Å²) in [7, 11) is 0. The lowest BCUT2D eigenvalue weighted by molar-refractivity contribution is 1.04. The standard InChI is InChI=1S/C33H23N/c34-22-23-14-16-26(17-15-23)32-28-10-4-6-12-30(28)33(31-13-7-5-11-29(31)32)27-20-18-25(19-21-27)24-8-2-1-3-9-24/h2,4-21H,1,3H2. The first-order valence-corrected chi connectivity index (χ1v) is 11.7. The molecule has 0 N–H and O–H groups in total. The van der Waals surface area contributed by atoms with Gasteiger partial charge in [-0.2, -0.15) is 5.26 Å². The van der Waals surface area contributed by atoms with E-state index < -0.39 is 0 Å². The highest BCUT2D eigenvalue weighted by Gasteiger charge is 2.16. The Morgan fingerprint density at radius 1 is 0.529 bits per heavy atom. The average Bonchev–Trinajstić information content (AvgIpc) is 2.92. The fraction of sp³-hybridized carbons (Fsp3) is 0.0606. The molecule has 1 aliphatic carbocycles. The fourth-order valence-corrected chi connectivity index (χ4v) is 5.12. The van der Waals surface area contributed by atoms with E-state index in [2.05, 4.69) is 109 Å². The van der Waals surface area contributed by atoms with Crippen molar-refractivity contribution in [2.24, 2.45) is 0 Å². The van der Waals surface area contributed by atoms with E-state index in [1.165, 1.54) is 49.4 Å². The molecule has 0 spiro atoms. The monoisotopic (exact) mass is 433 g/mol. The number of hydrogen-bond donors (Lipinski definition) is 0. The lowest BCUT2D eigenvalue weighted by atomic mass is 9.85. The van der Waals surface area contributed by atoms with Crippen molar-refractivity contribution in [2.75, 3.05) is 0 Å². The molecule has 0 fully saturated rings. The van der Waals surface area contributed by atoms with E-state index >= 15 is 0 Å². The molecule has 0 radical (unpaired) electrons. The van der Waals surface area contributed by atoms with Crippen molar-refractivity contribution < 1.29 is 0 Å². The van der Waals surface area contributed by atoms with Gasteiger partial charge in [-0.1, -0.05) is 103 Å². The van der Waals surface area contributed by atoms with Crippen molar-refractivity contribution in [3.8, 4) is 28.3 Å². The molecule has 1 aliphatic rings. The molecule has 0 aromatic heterocycles. The SMILES string of the molecule is N#Cc1ccc(-c2c3ccccc3c(-c3ccc(C4=CCCC=C4)cc3)c3ccccc23)cc1. The average molecular weight is 434 g/mol. The van der Waals surface area contributed by atoms with Crippen LogP contribution in [0.25, 0.3) is 49.4 Å². The molecule has 1 heteroatoms. The second kappa shape index (κ2) is 8.50. The Morgan fingerprint density at radius 2 is 1.00 bits per heavy atom. The molecule has 0 saturated carbocycles. The smallest absolute Gasteiger partial charge is 0.0991 e. The first-order valence-electron chi connectivity index (χ1n) is 11.7. The predicted molar refractivity (Wildman–Crippen MR) is 143 cm³/mol. The summed E-state index contributed by atoms with van der Waals surface area (Å²) in [6.45, 7) is 0. The lowest BCUT2D eigenvalue weighted by Crippen LogP contribution is -1.91. The van der Waals surface area contributed by atoms with Gasteiger partial charge in [0, 0.05) is 0 Å². The summed E-state index contributed by atoms with van der Waals surface area (Å²) < 4.78 is 0. The van der Waals surface area contributed by atoms with Gasteiger partial charge in [-0.25, -0.2) is 0 Å². The number of nitriles is 1. The number of hydrogen-bond acceptors (Lipinski definition) is 1. The summed E-state index contributed by atoms with van der Waals surface area (Å²) in [5, 5.41) is 14.2. The van der Waals surface area contributed by atoms with E-state index in [1.807, 2.05) is 12.1 Å². The number of allylic oxidation sites excluding steroid dienone is 4. The Bertz CT molecular complexity index is 1570. The molecule has 5 aromatic rings. The Labute approximate surface area is 199 Å². The van der Waals surface area contributed by atoms with Gasteiger partial charge in [-0.15, -0.1) is 0 Å². The normalized spacial score (nSPS) is 13.1. The van der Waals surface area contributed by atoms with E-state index in [1.54, 1.807) is 0 Å². The zero-order valence-corrected chi connectivity index (χ0v) is 18.8.